The number of likely N-dealkylation sites (N-methyl/N-ethyl adjacent to an activating group) is 1. The summed E-state index contributed by atoms with van der Waals surface area (Å²) in [7, 11) is 1.91. The molecule has 0 spiro atoms. The van der Waals surface area contributed by atoms with Crippen molar-refractivity contribution in [2.24, 2.45) is 0 Å². The van der Waals surface area contributed by atoms with E-state index in [0.717, 1.165) is 34.3 Å². The summed E-state index contributed by atoms with van der Waals surface area (Å²) in [6.07, 6.45) is 3.35. The molecule has 0 amide bonds. The molecule has 6 heteroatoms. The van der Waals surface area contributed by atoms with Gasteiger partial charge in [-0.05, 0) is 53.8 Å². The Morgan fingerprint density at radius 1 is 1.45 bits per heavy atom. The standard InChI is InChI=1S/C14H18FIN4/c1-3-6-20-14(18-9-19-20)8-13(17-2)11-5-4-10(15)7-12(11)16/h4-5,7,9,13,17H,3,6,8H2,1-2H3. The molecule has 1 heterocycles. The van der Waals surface area contributed by atoms with E-state index >= 15 is 0 Å². The van der Waals surface area contributed by atoms with Crippen molar-refractivity contribution in [2.45, 2.75) is 32.4 Å². The van der Waals surface area contributed by atoms with Gasteiger partial charge >= 0.3 is 0 Å². The molecule has 0 bridgehead atoms. The van der Waals surface area contributed by atoms with E-state index in [0.29, 0.717) is 0 Å². The molecule has 0 aliphatic rings. The van der Waals surface area contributed by atoms with Gasteiger partial charge in [0.15, 0.2) is 0 Å². The fraction of sp³-hybridized carbons (Fsp3) is 0.429. The fourth-order valence-corrected chi connectivity index (χ4v) is 3.03. The molecule has 0 radical (unpaired) electrons. The van der Waals surface area contributed by atoms with E-state index in [2.05, 4.69) is 44.9 Å². The summed E-state index contributed by atoms with van der Waals surface area (Å²) in [6.45, 7) is 2.98. The van der Waals surface area contributed by atoms with Crippen LogP contribution in [0.5, 0.6) is 0 Å². The van der Waals surface area contributed by atoms with Gasteiger partial charge < -0.3 is 5.32 Å². The van der Waals surface area contributed by atoms with Crippen molar-refractivity contribution >= 4 is 22.6 Å². The summed E-state index contributed by atoms with van der Waals surface area (Å²) in [5, 5.41) is 7.52. The van der Waals surface area contributed by atoms with E-state index < -0.39 is 0 Å². The highest BCUT2D eigenvalue weighted by Crippen LogP contribution is 2.23. The normalized spacial score (nSPS) is 12.6. The van der Waals surface area contributed by atoms with Gasteiger partial charge in [-0.25, -0.2) is 9.37 Å². The maximum atomic E-state index is 13.2. The summed E-state index contributed by atoms with van der Waals surface area (Å²) in [4.78, 5) is 4.33. The number of rotatable bonds is 6. The first kappa shape index (κ1) is 15.4. The zero-order chi connectivity index (χ0) is 14.5. The monoisotopic (exact) mass is 388 g/mol. The molecular weight excluding hydrogens is 370 g/mol. The Morgan fingerprint density at radius 3 is 2.90 bits per heavy atom. The number of aromatic nitrogens is 3. The van der Waals surface area contributed by atoms with Crippen LogP contribution in [0, 0.1) is 9.39 Å². The van der Waals surface area contributed by atoms with Crippen LogP contribution in [0.25, 0.3) is 0 Å². The Kier molecular flexibility index (Phi) is 5.47. The lowest BCUT2D eigenvalue weighted by molar-refractivity contribution is 0.515. The number of aryl methyl sites for hydroxylation is 1. The molecule has 0 saturated carbocycles. The van der Waals surface area contributed by atoms with Crippen LogP contribution in [0.4, 0.5) is 4.39 Å². The molecule has 0 aliphatic heterocycles. The van der Waals surface area contributed by atoms with Crippen LogP contribution in [0.3, 0.4) is 0 Å². The van der Waals surface area contributed by atoms with Crippen LogP contribution < -0.4 is 5.32 Å². The highest BCUT2D eigenvalue weighted by Gasteiger charge is 2.16. The van der Waals surface area contributed by atoms with Crippen molar-refractivity contribution in [3.05, 3.63) is 45.3 Å². The van der Waals surface area contributed by atoms with Gasteiger partial charge in [-0.15, -0.1) is 0 Å². The van der Waals surface area contributed by atoms with E-state index in [9.17, 15) is 4.39 Å². The second kappa shape index (κ2) is 7.12. The summed E-state index contributed by atoms with van der Waals surface area (Å²) in [6, 6.07) is 4.98. The minimum absolute atomic E-state index is 0.0994. The maximum absolute atomic E-state index is 13.2. The van der Waals surface area contributed by atoms with E-state index in [-0.39, 0.29) is 11.9 Å². The zero-order valence-corrected chi connectivity index (χ0v) is 13.8. The molecule has 1 atom stereocenters. The Bertz CT molecular complexity index is 570. The van der Waals surface area contributed by atoms with Gasteiger partial charge in [0.1, 0.15) is 18.0 Å². The molecule has 2 rings (SSSR count). The smallest absolute Gasteiger partial charge is 0.138 e. The third kappa shape index (κ3) is 3.54. The fourth-order valence-electron chi connectivity index (χ4n) is 2.18. The maximum Gasteiger partial charge on any atom is 0.138 e. The van der Waals surface area contributed by atoms with E-state index in [1.54, 1.807) is 12.4 Å². The SMILES string of the molecule is CCCn1ncnc1CC(NC)c1ccc(F)cc1I. The molecule has 1 N–H and O–H groups in total. The first-order chi connectivity index (χ1) is 9.65. The van der Waals surface area contributed by atoms with Crippen molar-refractivity contribution in [2.75, 3.05) is 7.05 Å². The van der Waals surface area contributed by atoms with Gasteiger partial charge in [0, 0.05) is 22.6 Å². The minimum Gasteiger partial charge on any atom is -0.313 e. The van der Waals surface area contributed by atoms with Gasteiger partial charge in [-0.1, -0.05) is 13.0 Å². The van der Waals surface area contributed by atoms with Crippen LogP contribution in [0.1, 0.15) is 30.8 Å². The topological polar surface area (TPSA) is 42.7 Å². The lowest BCUT2D eigenvalue weighted by Crippen LogP contribution is -2.22. The van der Waals surface area contributed by atoms with E-state index in [1.807, 2.05) is 17.8 Å². The average Bonchev–Trinajstić information content (AvgIpc) is 2.84. The van der Waals surface area contributed by atoms with E-state index in [1.165, 1.54) is 6.07 Å². The predicted octanol–water partition coefficient (Wildman–Crippen LogP) is 2.94. The van der Waals surface area contributed by atoms with Crippen molar-refractivity contribution in [3.8, 4) is 0 Å². The molecule has 0 fully saturated rings. The quantitative estimate of drug-likeness (QED) is 0.774. The lowest BCUT2D eigenvalue weighted by atomic mass is 10.0. The first-order valence-corrected chi connectivity index (χ1v) is 7.72. The molecule has 4 nitrogen and oxygen atoms in total. The van der Waals surface area contributed by atoms with Crippen LogP contribution in [-0.2, 0) is 13.0 Å². The van der Waals surface area contributed by atoms with Crippen molar-refractivity contribution < 1.29 is 4.39 Å². The number of hydrogen-bond donors (Lipinski definition) is 1. The number of hydrogen-bond acceptors (Lipinski definition) is 3. The molecule has 0 saturated heterocycles. The third-order valence-corrected chi connectivity index (χ3v) is 4.14. The van der Waals surface area contributed by atoms with Crippen molar-refractivity contribution in [1.82, 2.24) is 20.1 Å². The lowest BCUT2D eigenvalue weighted by Gasteiger charge is -2.18. The van der Waals surface area contributed by atoms with Gasteiger partial charge in [0.2, 0.25) is 0 Å². The minimum atomic E-state index is -0.206. The van der Waals surface area contributed by atoms with Crippen LogP contribution in [0.2, 0.25) is 0 Å². The zero-order valence-electron chi connectivity index (χ0n) is 11.6. The third-order valence-electron chi connectivity index (χ3n) is 3.20. The van der Waals surface area contributed by atoms with Gasteiger partial charge in [0.25, 0.3) is 0 Å². The summed E-state index contributed by atoms with van der Waals surface area (Å²) in [5.74, 6) is 0.744. The van der Waals surface area contributed by atoms with Gasteiger partial charge in [-0.3, -0.25) is 4.68 Å². The number of nitrogens with zero attached hydrogens (tertiary/aromatic N) is 3. The highest BCUT2D eigenvalue weighted by atomic mass is 127. The number of halogens is 2. The molecular formula is C14H18FIN4. The predicted molar refractivity (Wildman–Crippen MR) is 84.9 cm³/mol. The van der Waals surface area contributed by atoms with E-state index in [4.69, 9.17) is 0 Å². The first-order valence-electron chi connectivity index (χ1n) is 6.64. The molecule has 1 aromatic heterocycles. The molecule has 108 valence electrons. The Morgan fingerprint density at radius 2 is 2.25 bits per heavy atom. The molecule has 1 unspecified atom stereocenters. The Labute approximate surface area is 131 Å². The number of benzene rings is 1. The van der Waals surface area contributed by atoms with Gasteiger partial charge in [0.05, 0.1) is 0 Å². The van der Waals surface area contributed by atoms with Crippen LogP contribution >= 0.6 is 22.6 Å². The highest BCUT2D eigenvalue weighted by molar-refractivity contribution is 14.1. The van der Waals surface area contributed by atoms with Crippen molar-refractivity contribution in [3.63, 3.8) is 0 Å². The molecule has 20 heavy (non-hydrogen) atoms. The number of nitrogens with one attached hydrogen (secondary N) is 1. The van der Waals surface area contributed by atoms with Crippen molar-refractivity contribution in [1.29, 1.82) is 0 Å². The Hall–Kier alpha value is -1.02. The average molecular weight is 388 g/mol. The van der Waals surface area contributed by atoms with Gasteiger partial charge in [-0.2, -0.15) is 5.10 Å². The second-order valence-electron chi connectivity index (χ2n) is 4.61. The summed E-state index contributed by atoms with van der Waals surface area (Å²) < 4.78 is 16.1. The summed E-state index contributed by atoms with van der Waals surface area (Å²) >= 11 is 2.17. The van der Waals surface area contributed by atoms with Crippen LogP contribution in [-0.4, -0.2) is 21.8 Å². The molecule has 2 aromatic rings. The molecule has 1 aromatic carbocycles. The summed E-state index contributed by atoms with van der Waals surface area (Å²) in [5.41, 5.74) is 1.08. The Balaban J connectivity index is 2.22. The molecule has 0 aliphatic carbocycles. The second-order valence-corrected chi connectivity index (χ2v) is 5.77. The largest absolute Gasteiger partial charge is 0.313 e. The van der Waals surface area contributed by atoms with Crippen LogP contribution in [0.15, 0.2) is 24.5 Å².